The Kier molecular flexibility index (Phi) is 30.3. The summed E-state index contributed by atoms with van der Waals surface area (Å²) in [6.45, 7) is 16.6. The van der Waals surface area contributed by atoms with E-state index in [1.165, 1.54) is 0 Å². The smallest absolute Gasteiger partial charge is 0.408 e. The van der Waals surface area contributed by atoms with Gasteiger partial charge in [0.25, 0.3) is 0 Å². The second-order valence-corrected chi connectivity index (χ2v) is 32.1. The van der Waals surface area contributed by atoms with Crippen molar-refractivity contribution in [3.05, 3.63) is 144 Å². The van der Waals surface area contributed by atoms with Crippen molar-refractivity contribution in [1.82, 2.24) is 5.32 Å². The van der Waals surface area contributed by atoms with Gasteiger partial charge in [0.2, 0.25) is 0 Å². The van der Waals surface area contributed by atoms with E-state index in [-0.39, 0.29) is 52.5 Å². The van der Waals surface area contributed by atoms with Crippen molar-refractivity contribution in [2.75, 3.05) is 26.4 Å². The number of rotatable bonds is 33. The lowest BCUT2D eigenvalue weighted by molar-refractivity contribution is -0.380. The molecule has 3 heterocycles. The van der Waals surface area contributed by atoms with Gasteiger partial charge in [-0.2, -0.15) is 0 Å². The first kappa shape index (κ1) is 78.6. The minimum absolute atomic E-state index is 0.0353. The molecule has 26 nitrogen and oxygen atoms in total. The molecule has 0 bridgehead atoms. The Balaban J connectivity index is 1.32. The van der Waals surface area contributed by atoms with Gasteiger partial charge in [0.15, 0.2) is 37.0 Å². The number of hydrogen-bond acceptors (Lipinski definition) is 25. The molecule has 3 aliphatic rings. The zero-order valence-corrected chi connectivity index (χ0v) is 59.3. The van der Waals surface area contributed by atoms with Gasteiger partial charge in [0.05, 0.1) is 45.7 Å². The Morgan fingerprint density at radius 1 is 0.434 bits per heavy atom. The normalized spacial score (nSPS) is 25.7. The number of carbonyl (C=O) groups is 8. The van der Waals surface area contributed by atoms with Gasteiger partial charge < -0.3 is 85.8 Å². The average molecular weight is 1400 g/mol. The van der Waals surface area contributed by atoms with Crippen LogP contribution in [-0.4, -0.2) is 186 Å². The van der Waals surface area contributed by atoms with Gasteiger partial charge in [0.1, 0.15) is 73.7 Å². The summed E-state index contributed by atoms with van der Waals surface area (Å²) in [6, 6.07) is 36.8. The van der Waals surface area contributed by atoms with Gasteiger partial charge in [-0.15, -0.1) is 0 Å². The van der Waals surface area contributed by atoms with E-state index in [4.69, 9.17) is 80.5 Å². The van der Waals surface area contributed by atoms with Crippen LogP contribution >= 0.6 is 0 Å². The van der Waals surface area contributed by atoms with Gasteiger partial charge in [0, 0.05) is 49.6 Å². The lowest BCUT2D eigenvalue weighted by Crippen LogP contribution is -2.68. The maximum absolute atomic E-state index is 13.9. The van der Waals surface area contributed by atoms with E-state index in [1.54, 1.807) is 20.8 Å². The zero-order chi connectivity index (χ0) is 71.8. The Morgan fingerprint density at radius 3 is 1.27 bits per heavy atom. The number of hydrogen-bond donors (Lipinski definition) is 1. The van der Waals surface area contributed by atoms with Crippen LogP contribution in [0.5, 0.6) is 0 Å². The molecule has 0 spiro atoms. The molecule has 0 aromatic heterocycles. The third-order valence-electron chi connectivity index (χ3n) is 15.7. The first-order valence-corrected chi connectivity index (χ1v) is 36.8. The molecule has 0 saturated carbocycles. The third-order valence-corrected chi connectivity index (χ3v) is 17.4. The minimum atomic E-state index is -1.97. The third kappa shape index (κ3) is 26.1. The van der Waals surface area contributed by atoms with E-state index < -0.39 is 173 Å². The van der Waals surface area contributed by atoms with Crippen molar-refractivity contribution in [2.45, 2.75) is 231 Å². The first-order valence-electron chi connectivity index (χ1n) is 33.1. The molecule has 0 unspecified atom stereocenters. The van der Waals surface area contributed by atoms with Crippen LogP contribution in [0.2, 0.25) is 25.7 Å². The monoisotopic (exact) mass is 1400 g/mol. The summed E-state index contributed by atoms with van der Waals surface area (Å²) >= 11 is 0. The number of benzene rings is 4. The molecule has 0 aliphatic carbocycles. The summed E-state index contributed by atoms with van der Waals surface area (Å²) in [5.74, 6) is -6.14. The van der Waals surface area contributed by atoms with Crippen LogP contribution in [0.25, 0.3) is 0 Å². The quantitative estimate of drug-likeness (QED) is 0.0266. The van der Waals surface area contributed by atoms with Crippen LogP contribution < -0.4 is 5.32 Å². The largest absolute Gasteiger partial charge is 0.464 e. The second kappa shape index (κ2) is 38.2. The van der Waals surface area contributed by atoms with Crippen LogP contribution in [0.4, 0.5) is 4.79 Å². The van der Waals surface area contributed by atoms with Crippen molar-refractivity contribution in [3.63, 3.8) is 0 Å². The average Bonchev–Trinajstić information content (AvgIpc) is 0.763. The summed E-state index contributed by atoms with van der Waals surface area (Å²) in [5.41, 5.74) is 2.26. The number of carbonyl (C=O) groups excluding carboxylic acids is 8. The Hall–Kier alpha value is -7.70. The lowest BCUT2D eigenvalue weighted by atomic mass is 9.90. The summed E-state index contributed by atoms with van der Waals surface area (Å²) in [7, 11) is -1.72. The van der Waals surface area contributed by atoms with Crippen molar-refractivity contribution in [3.8, 4) is 0 Å². The number of amides is 1. The molecule has 99 heavy (non-hydrogen) atoms. The van der Waals surface area contributed by atoms with Crippen molar-refractivity contribution >= 4 is 56.0 Å². The molecule has 1 N–H and O–H groups in total. The number of nitrogens with one attached hydrogen (secondary N) is 1. The van der Waals surface area contributed by atoms with E-state index in [0.29, 0.717) is 6.04 Å². The van der Waals surface area contributed by atoms with Gasteiger partial charge in [-0.25, -0.2) is 9.59 Å². The summed E-state index contributed by atoms with van der Waals surface area (Å²) < 4.78 is 108. The number of alkyl carbamates (subject to hydrolysis) is 1. The molecule has 16 atom stereocenters. The van der Waals surface area contributed by atoms with Crippen LogP contribution in [0.3, 0.4) is 0 Å². The van der Waals surface area contributed by atoms with Crippen LogP contribution in [-0.2, 0) is 141 Å². The lowest BCUT2D eigenvalue weighted by Gasteiger charge is -2.51. The van der Waals surface area contributed by atoms with Crippen molar-refractivity contribution < 1.29 is 119 Å². The SMILES string of the molecule is CC(=O)OC[C@H]1O[C@@H](O[C@H]2[C@H](OC(C)=O)[C@@H](OC(C)=O)[C@@H](CC[C@@H](NC(=O)OC(C)(C)C)C(=O)OCC[Si](C)(C)C)O[C@@H]2COC(C)=O)[C@H](OC(C)=O)[C@@H](OC(C)=O)[C@H]1O[C@H]1O[C@H](COCc2ccccc2)[C@H](OCc2ccccc2)[C@H](OCc2ccccc2)[C@H]1OCc1ccccc1. The summed E-state index contributed by atoms with van der Waals surface area (Å²) in [6.07, 6.45) is -24.2. The highest BCUT2D eigenvalue weighted by Crippen LogP contribution is 2.40. The topological polar surface area (TPSA) is 306 Å². The van der Waals surface area contributed by atoms with E-state index in [2.05, 4.69) is 25.0 Å². The molecule has 1 amide bonds. The van der Waals surface area contributed by atoms with Gasteiger partial charge >= 0.3 is 47.9 Å². The minimum Gasteiger partial charge on any atom is -0.464 e. The van der Waals surface area contributed by atoms with E-state index in [9.17, 15) is 38.4 Å². The zero-order valence-electron chi connectivity index (χ0n) is 58.3. The maximum Gasteiger partial charge on any atom is 0.408 e. The molecule has 27 heteroatoms. The number of esters is 7. The highest BCUT2D eigenvalue weighted by molar-refractivity contribution is 6.76. The molecular formula is C72H95NO25Si. The van der Waals surface area contributed by atoms with Crippen molar-refractivity contribution in [1.29, 1.82) is 0 Å². The predicted molar refractivity (Wildman–Crippen MR) is 354 cm³/mol. The van der Waals surface area contributed by atoms with Crippen molar-refractivity contribution in [2.24, 2.45) is 0 Å². The fourth-order valence-electron chi connectivity index (χ4n) is 11.3. The Morgan fingerprint density at radius 2 is 0.828 bits per heavy atom. The Bertz CT molecular complexity index is 3210. The fourth-order valence-corrected chi connectivity index (χ4v) is 12.0. The first-order chi connectivity index (χ1) is 47.1. The van der Waals surface area contributed by atoms with E-state index >= 15 is 0 Å². The molecule has 3 aliphatic heterocycles. The molecule has 0 radical (unpaired) electrons. The predicted octanol–water partition coefficient (Wildman–Crippen LogP) is 8.35. The summed E-state index contributed by atoms with van der Waals surface area (Å²) in [5, 5.41) is 2.59. The summed E-state index contributed by atoms with van der Waals surface area (Å²) in [4.78, 5) is 107. The van der Waals surface area contributed by atoms with E-state index in [0.717, 1.165) is 63.8 Å². The van der Waals surface area contributed by atoms with E-state index in [1.807, 2.05) is 121 Å². The highest BCUT2D eigenvalue weighted by Gasteiger charge is 2.59. The highest BCUT2D eigenvalue weighted by atomic mass is 28.3. The molecular weight excluding hydrogens is 1310 g/mol. The molecule has 4 aromatic rings. The molecule has 542 valence electrons. The van der Waals surface area contributed by atoms with Crippen LogP contribution in [0.15, 0.2) is 121 Å². The molecule has 3 fully saturated rings. The van der Waals surface area contributed by atoms with Gasteiger partial charge in [-0.3, -0.25) is 28.8 Å². The van der Waals surface area contributed by atoms with Gasteiger partial charge in [-0.1, -0.05) is 141 Å². The molecule has 3 saturated heterocycles. The Labute approximate surface area is 578 Å². The maximum atomic E-state index is 13.9. The number of ether oxygens (including phenoxy) is 17. The molecule has 4 aromatic carbocycles. The van der Waals surface area contributed by atoms with Gasteiger partial charge in [-0.05, 0) is 61.9 Å². The second-order valence-electron chi connectivity index (χ2n) is 26.4. The van der Waals surface area contributed by atoms with Crippen LogP contribution in [0.1, 0.15) is 97.4 Å². The van der Waals surface area contributed by atoms with Crippen LogP contribution in [0, 0.1) is 0 Å². The fraction of sp³-hybridized carbons (Fsp3) is 0.556. The molecule has 7 rings (SSSR count). The standard InChI is InChI=1S/C72H95NO25Si/c1-44(74)84-42-57-61(64(90-47(4)77)60(89-46(3)76)55(93-57)34-33-54(73-71(81)98-72(7,8)9)68(80)83-35-36-99(10,11)12)97-70-67(92-49(6)79)65(91-48(5)78)62(58(95-70)43-85-45(2)75)96-69-66(88-40-53-31-23-16-24-32-53)63(87-39-52-29-21-15-22-30-52)59(86-38-51-27-19-14-20-28-51)56(94-69)41-82-37-50-25-17-13-18-26-50/h13-32,54-67,69-70H,33-43H2,1-12H3,(H,73,81)/t54-,55-,56-,57-,58-,59+,60+,61-,62+,63+,64-,65+,66-,67-,69-,70+/m1/s1.